The molecule has 124 valence electrons. The molecule has 1 aliphatic rings. The van der Waals surface area contributed by atoms with Crippen molar-refractivity contribution in [2.24, 2.45) is 0 Å². The molecule has 0 radical (unpaired) electrons. The molecule has 1 atom stereocenters. The van der Waals surface area contributed by atoms with Crippen LogP contribution in [-0.4, -0.2) is 43.9 Å². The lowest BCUT2D eigenvalue weighted by Gasteiger charge is -2.32. The molecular weight excluding hydrogens is 314 g/mol. The summed E-state index contributed by atoms with van der Waals surface area (Å²) in [4.78, 5) is 14.6. The smallest absolute Gasteiger partial charge is 0.275 e. The number of H-pyrrole nitrogens is 1. The zero-order valence-corrected chi connectivity index (χ0v) is 14.3. The summed E-state index contributed by atoms with van der Waals surface area (Å²) in [6.07, 6.45) is 6.56. The maximum absolute atomic E-state index is 12.8. The number of nitrogens with one attached hydrogen (secondary N) is 1. The van der Waals surface area contributed by atoms with Crippen LogP contribution in [0.2, 0.25) is 5.02 Å². The average Bonchev–Trinajstić information content (AvgIpc) is 3.13. The van der Waals surface area contributed by atoms with Gasteiger partial charge in [0.25, 0.3) is 5.91 Å². The molecule has 0 saturated carbocycles. The van der Waals surface area contributed by atoms with Crippen molar-refractivity contribution in [2.45, 2.75) is 45.6 Å². The van der Waals surface area contributed by atoms with Gasteiger partial charge in [0.1, 0.15) is 0 Å². The Hall–Kier alpha value is -1.82. The molecule has 1 fully saturated rings. The van der Waals surface area contributed by atoms with E-state index in [1.54, 1.807) is 10.9 Å². The number of halogens is 1. The van der Waals surface area contributed by atoms with Crippen LogP contribution in [0.4, 0.5) is 0 Å². The molecule has 2 aromatic rings. The van der Waals surface area contributed by atoms with E-state index in [-0.39, 0.29) is 5.91 Å². The van der Waals surface area contributed by atoms with E-state index < -0.39 is 0 Å². The largest absolute Gasteiger partial charge is 0.337 e. The summed E-state index contributed by atoms with van der Waals surface area (Å²) < 4.78 is 1.75. The first-order valence-corrected chi connectivity index (χ1v) is 8.50. The summed E-state index contributed by atoms with van der Waals surface area (Å²) in [7, 11) is 0. The standard InChI is InChI=1S/C16H22ClN5O/c1-3-6-22-10-13(17)15(20-22)16(23)21-7-4-5-12(9-21)14-11(2)8-18-19-14/h8,10,12H,3-7,9H2,1-2H3,(H,18,19). The van der Waals surface area contributed by atoms with E-state index in [1.807, 2.05) is 18.0 Å². The SMILES string of the molecule is CCCn1cc(Cl)c(C(=O)N2CCCC(c3[nH]ncc3C)C2)n1. The number of rotatable bonds is 4. The summed E-state index contributed by atoms with van der Waals surface area (Å²) in [5.74, 6) is 0.221. The van der Waals surface area contributed by atoms with Crippen molar-refractivity contribution in [1.29, 1.82) is 0 Å². The predicted molar refractivity (Wildman–Crippen MR) is 88.7 cm³/mol. The third-order valence-corrected chi connectivity index (χ3v) is 4.63. The molecule has 0 aromatic carbocycles. The van der Waals surface area contributed by atoms with Crippen LogP contribution in [0.25, 0.3) is 0 Å². The van der Waals surface area contributed by atoms with Gasteiger partial charge in [-0.05, 0) is 31.7 Å². The van der Waals surface area contributed by atoms with Crippen molar-refractivity contribution in [1.82, 2.24) is 24.9 Å². The van der Waals surface area contributed by atoms with Crippen LogP contribution < -0.4 is 0 Å². The molecule has 7 heteroatoms. The maximum Gasteiger partial charge on any atom is 0.275 e. The van der Waals surface area contributed by atoms with Gasteiger partial charge in [-0.1, -0.05) is 18.5 Å². The van der Waals surface area contributed by atoms with Gasteiger partial charge in [0.05, 0.1) is 11.2 Å². The van der Waals surface area contributed by atoms with Gasteiger partial charge in [0, 0.05) is 37.4 Å². The molecule has 0 spiro atoms. The first kappa shape index (κ1) is 16.1. The molecule has 1 aliphatic heterocycles. The van der Waals surface area contributed by atoms with E-state index in [2.05, 4.69) is 22.2 Å². The Labute approximate surface area is 140 Å². The summed E-state index contributed by atoms with van der Waals surface area (Å²) >= 11 is 6.21. The van der Waals surface area contributed by atoms with Gasteiger partial charge in [0.15, 0.2) is 5.69 Å². The van der Waals surface area contributed by atoms with Gasteiger partial charge >= 0.3 is 0 Å². The number of amides is 1. The van der Waals surface area contributed by atoms with Crippen molar-refractivity contribution in [3.8, 4) is 0 Å². The van der Waals surface area contributed by atoms with E-state index >= 15 is 0 Å². The predicted octanol–water partition coefficient (Wildman–Crippen LogP) is 3.00. The second kappa shape index (κ2) is 6.74. The Kier molecular flexibility index (Phi) is 4.71. The maximum atomic E-state index is 12.8. The highest BCUT2D eigenvalue weighted by molar-refractivity contribution is 6.33. The third-order valence-electron chi connectivity index (χ3n) is 4.36. The van der Waals surface area contributed by atoms with Crippen molar-refractivity contribution in [3.63, 3.8) is 0 Å². The highest BCUT2D eigenvalue weighted by atomic mass is 35.5. The number of aromatic amines is 1. The topological polar surface area (TPSA) is 66.8 Å². The van der Waals surface area contributed by atoms with Crippen molar-refractivity contribution >= 4 is 17.5 Å². The third kappa shape index (κ3) is 3.27. The average molecular weight is 336 g/mol. The molecule has 6 nitrogen and oxygen atoms in total. The molecule has 1 unspecified atom stereocenters. The lowest BCUT2D eigenvalue weighted by Crippen LogP contribution is -2.39. The van der Waals surface area contributed by atoms with E-state index in [4.69, 9.17) is 11.6 Å². The number of aryl methyl sites for hydroxylation is 2. The fourth-order valence-electron chi connectivity index (χ4n) is 3.20. The Balaban J connectivity index is 1.76. The van der Waals surface area contributed by atoms with Gasteiger partial charge < -0.3 is 4.90 Å². The number of likely N-dealkylation sites (tertiary alicyclic amines) is 1. The van der Waals surface area contributed by atoms with Crippen LogP contribution in [0.15, 0.2) is 12.4 Å². The highest BCUT2D eigenvalue weighted by Gasteiger charge is 2.29. The van der Waals surface area contributed by atoms with Crippen LogP contribution in [0, 0.1) is 6.92 Å². The number of hydrogen-bond donors (Lipinski definition) is 1. The van der Waals surface area contributed by atoms with Gasteiger partial charge in [-0.15, -0.1) is 0 Å². The normalized spacial score (nSPS) is 18.4. The molecular formula is C16H22ClN5O. The van der Waals surface area contributed by atoms with E-state index in [9.17, 15) is 4.79 Å². The first-order chi connectivity index (χ1) is 11.1. The summed E-state index contributed by atoms with van der Waals surface area (Å²) in [5.41, 5.74) is 2.64. The summed E-state index contributed by atoms with van der Waals surface area (Å²) in [5, 5.41) is 12.0. The fraction of sp³-hybridized carbons (Fsp3) is 0.562. The molecule has 1 N–H and O–H groups in total. The second-order valence-electron chi connectivity index (χ2n) is 6.15. The number of carbonyl (C=O) groups excluding carboxylic acids is 1. The van der Waals surface area contributed by atoms with E-state index in [1.165, 1.54) is 0 Å². The van der Waals surface area contributed by atoms with Crippen LogP contribution in [-0.2, 0) is 6.54 Å². The van der Waals surface area contributed by atoms with Crippen molar-refractivity contribution in [3.05, 3.63) is 34.4 Å². The second-order valence-corrected chi connectivity index (χ2v) is 6.55. The molecule has 1 amide bonds. The van der Waals surface area contributed by atoms with E-state index in [0.717, 1.165) is 43.6 Å². The van der Waals surface area contributed by atoms with E-state index in [0.29, 0.717) is 23.2 Å². The van der Waals surface area contributed by atoms with Crippen molar-refractivity contribution in [2.75, 3.05) is 13.1 Å². The highest BCUT2D eigenvalue weighted by Crippen LogP contribution is 2.29. The van der Waals surface area contributed by atoms with Gasteiger partial charge in [-0.25, -0.2) is 0 Å². The molecule has 3 heterocycles. The Bertz CT molecular complexity index is 692. The number of carbonyl (C=O) groups is 1. The minimum Gasteiger partial charge on any atom is -0.337 e. The molecule has 0 bridgehead atoms. The van der Waals surface area contributed by atoms with Gasteiger partial charge in [-0.2, -0.15) is 10.2 Å². The molecule has 2 aromatic heterocycles. The fourth-order valence-corrected chi connectivity index (χ4v) is 3.43. The monoisotopic (exact) mass is 335 g/mol. The zero-order valence-electron chi connectivity index (χ0n) is 13.5. The van der Waals surface area contributed by atoms with Crippen LogP contribution >= 0.6 is 11.6 Å². The first-order valence-electron chi connectivity index (χ1n) is 8.12. The Morgan fingerprint density at radius 1 is 1.52 bits per heavy atom. The number of nitrogens with zero attached hydrogens (tertiary/aromatic N) is 4. The molecule has 0 aliphatic carbocycles. The minimum absolute atomic E-state index is 0.0771. The molecule has 1 saturated heterocycles. The number of aromatic nitrogens is 4. The lowest BCUT2D eigenvalue weighted by atomic mass is 9.93. The van der Waals surface area contributed by atoms with Gasteiger partial charge in [0.2, 0.25) is 0 Å². The Morgan fingerprint density at radius 2 is 2.35 bits per heavy atom. The van der Waals surface area contributed by atoms with Crippen LogP contribution in [0.5, 0.6) is 0 Å². The Morgan fingerprint density at radius 3 is 3.04 bits per heavy atom. The van der Waals surface area contributed by atoms with Crippen molar-refractivity contribution < 1.29 is 4.79 Å². The zero-order chi connectivity index (χ0) is 16.4. The van der Waals surface area contributed by atoms with Crippen LogP contribution in [0.1, 0.15) is 53.8 Å². The molecule has 3 rings (SSSR count). The lowest BCUT2D eigenvalue weighted by molar-refractivity contribution is 0.0699. The number of hydrogen-bond acceptors (Lipinski definition) is 3. The minimum atomic E-state index is -0.0771. The molecule has 23 heavy (non-hydrogen) atoms. The summed E-state index contributed by atoms with van der Waals surface area (Å²) in [6, 6.07) is 0. The summed E-state index contributed by atoms with van der Waals surface area (Å²) in [6.45, 7) is 6.31. The number of piperidine rings is 1. The van der Waals surface area contributed by atoms with Gasteiger partial charge in [-0.3, -0.25) is 14.6 Å². The van der Waals surface area contributed by atoms with Crippen LogP contribution in [0.3, 0.4) is 0 Å². The quantitative estimate of drug-likeness (QED) is 0.934.